The second kappa shape index (κ2) is 6.15. The summed E-state index contributed by atoms with van der Waals surface area (Å²) in [6.07, 6.45) is 0. The van der Waals surface area contributed by atoms with Crippen molar-refractivity contribution < 1.29 is 9.13 Å². The van der Waals surface area contributed by atoms with Gasteiger partial charge in [-0.05, 0) is 60.9 Å². The first-order valence-electron chi connectivity index (χ1n) is 6.18. The Morgan fingerprint density at radius 3 is 2.30 bits per heavy atom. The monoisotopic (exact) mass is 356 g/mol. The Balaban J connectivity index is 2.57. The molecule has 1 nitrogen and oxygen atoms in total. The number of rotatable bonds is 3. The Morgan fingerprint density at radius 1 is 1.15 bits per heavy atom. The molecule has 0 heterocycles. The number of aryl methyl sites for hydroxylation is 2. The first-order valence-corrected chi connectivity index (χ1v) is 7.47. The molecule has 4 heteroatoms. The largest absolute Gasteiger partial charge is 0.496 e. The maximum atomic E-state index is 13.4. The molecule has 0 aliphatic rings. The van der Waals surface area contributed by atoms with Crippen molar-refractivity contribution in [2.45, 2.75) is 18.7 Å². The van der Waals surface area contributed by atoms with E-state index in [2.05, 4.69) is 15.9 Å². The Kier molecular flexibility index (Phi) is 4.71. The van der Waals surface area contributed by atoms with Crippen LogP contribution in [-0.4, -0.2) is 7.11 Å². The number of hydrogen-bond acceptors (Lipinski definition) is 1. The van der Waals surface area contributed by atoms with E-state index in [4.69, 9.17) is 16.3 Å². The van der Waals surface area contributed by atoms with Gasteiger partial charge < -0.3 is 4.74 Å². The zero-order valence-corrected chi connectivity index (χ0v) is 13.8. The number of ether oxygens (including phenoxy) is 1. The SMILES string of the molecule is COc1ccc(Cl)cc1C(Br)c1c(C)cc(F)cc1C. The molecule has 0 spiro atoms. The molecule has 0 aliphatic carbocycles. The van der Waals surface area contributed by atoms with Crippen LogP contribution in [0, 0.1) is 19.7 Å². The Bertz CT molecular complexity index is 619. The quantitative estimate of drug-likeness (QED) is 0.651. The third-order valence-corrected chi connectivity index (χ3v) is 4.46. The first-order chi connectivity index (χ1) is 9.43. The molecule has 0 saturated heterocycles. The second-order valence-electron chi connectivity index (χ2n) is 4.70. The highest BCUT2D eigenvalue weighted by molar-refractivity contribution is 9.09. The molecule has 0 N–H and O–H groups in total. The molecular weight excluding hydrogens is 343 g/mol. The maximum absolute atomic E-state index is 13.4. The summed E-state index contributed by atoms with van der Waals surface area (Å²) in [5.41, 5.74) is 3.75. The van der Waals surface area contributed by atoms with Gasteiger partial charge in [-0.1, -0.05) is 27.5 Å². The van der Waals surface area contributed by atoms with Crippen LogP contribution in [-0.2, 0) is 0 Å². The predicted octanol–water partition coefficient (Wildman–Crippen LogP) is 5.59. The lowest BCUT2D eigenvalue weighted by atomic mass is 9.95. The summed E-state index contributed by atoms with van der Waals surface area (Å²) in [5, 5.41) is 0.641. The zero-order valence-electron chi connectivity index (χ0n) is 11.5. The molecule has 0 radical (unpaired) electrons. The second-order valence-corrected chi connectivity index (χ2v) is 6.05. The number of benzene rings is 2. The van der Waals surface area contributed by atoms with E-state index in [1.807, 2.05) is 26.0 Å². The zero-order chi connectivity index (χ0) is 14.9. The van der Waals surface area contributed by atoms with Crippen molar-refractivity contribution in [2.75, 3.05) is 7.11 Å². The minimum Gasteiger partial charge on any atom is -0.496 e. The molecule has 2 aromatic rings. The standard InChI is InChI=1S/C16H15BrClFO/c1-9-6-12(19)7-10(2)15(9)16(17)13-8-11(18)4-5-14(13)20-3/h4-8,16H,1-3H3. The maximum Gasteiger partial charge on any atom is 0.123 e. The molecular formula is C16H15BrClFO. The van der Waals surface area contributed by atoms with E-state index in [9.17, 15) is 4.39 Å². The van der Waals surface area contributed by atoms with E-state index in [0.717, 1.165) is 28.0 Å². The molecule has 2 rings (SSSR count). The molecule has 0 amide bonds. The van der Waals surface area contributed by atoms with Crippen LogP contribution in [0.15, 0.2) is 30.3 Å². The number of halogens is 3. The van der Waals surface area contributed by atoms with Crippen molar-refractivity contribution in [2.24, 2.45) is 0 Å². The lowest BCUT2D eigenvalue weighted by Gasteiger charge is -2.19. The van der Waals surface area contributed by atoms with Gasteiger partial charge in [-0.25, -0.2) is 4.39 Å². The van der Waals surface area contributed by atoms with E-state index >= 15 is 0 Å². The van der Waals surface area contributed by atoms with Gasteiger partial charge >= 0.3 is 0 Å². The van der Waals surface area contributed by atoms with E-state index < -0.39 is 0 Å². The van der Waals surface area contributed by atoms with Crippen LogP contribution < -0.4 is 4.74 Å². The topological polar surface area (TPSA) is 9.23 Å². The highest BCUT2D eigenvalue weighted by atomic mass is 79.9. The van der Waals surface area contributed by atoms with Crippen LogP contribution in [0.4, 0.5) is 4.39 Å². The average Bonchev–Trinajstić information content (AvgIpc) is 2.37. The van der Waals surface area contributed by atoms with Crippen molar-refractivity contribution in [1.82, 2.24) is 0 Å². The van der Waals surface area contributed by atoms with E-state index in [1.54, 1.807) is 13.2 Å². The minimum atomic E-state index is -0.221. The van der Waals surface area contributed by atoms with Crippen LogP contribution in [0.25, 0.3) is 0 Å². The summed E-state index contributed by atoms with van der Waals surface area (Å²) in [6, 6.07) is 8.55. The predicted molar refractivity (Wildman–Crippen MR) is 84.6 cm³/mol. The fourth-order valence-electron chi connectivity index (χ4n) is 2.38. The molecule has 1 unspecified atom stereocenters. The highest BCUT2D eigenvalue weighted by Crippen LogP contribution is 2.40. The van der Waals surface area contributed by atoms with Crippen molar-refractivity contribution >= 4 is 27.5 Å². The van der Waals surface area contributed by atoms with Gasteiger partial charge in [0.1, 0.15) is 11.6 Å². The smallest absolute Gasteiger partial charge is 0.123 e. The molecule has 106 valence electrons. The summed E-state index contributed by atoms with van der Waals surface area (Å²) in [4.78, 5) is -0.100. The Hall–Kier alpha value is -1.06. The van der Waals surface area contributed by atoms with Gasteiger partial charge in [0.2, 0.25) is 0 Å². The van der Waals surface area contributed by atoms with Crippen LogP contribution in [0.5, 0.6) is 5.75 Å². The van der Waals surface area contributed by atoms with E-state index in [-0.39, 0.29) is 10.6 Å². The van der Waals surface area contributed by atoms with Gasteiger partial charge in [-0.15, -0.1) is 0 Å². The molecule has 0 aromatic heterocycles. The summed E-state index contributed by atoms with van der Waals surface area (Å²) < 4.78 is 18.8. The third-order valence-electron chi connectivity index (χ3n) is 3.28. The van der Waals surface area contributed by atoms with Crippen LogP contribution in [0.2, 0.25) is 5.02 Å². The van der Waals surface area contributed by atoms with Gasteiger partial charge in [0.15, 0.2) is 0 Å². The average molecular weight is 358 g/mol. The fraction of sp³-hybridized carbons (Fsp3) is 0.250. The molecule has 20 heavy (non-hydrogen) atoms. The van der Waals surface area contributed by atoms with E-state index in [0.29, 0.717) is 5.02 Å². The van der Waals surface area contributed by atoms with Gasteiger partial charge in [0.25, 0.3) is 0 Å². The van der Waals surface area contributed by atoms with Crippen LogP contribution in [0.3, 0.4) is 0 Å². The highest BCUT2D eigenvalue weighted by Gasteiger charge is 2.20. The van der Waals surface area contributed by atoms with Gasteiger partial charge in [-0.3, -0.25) is 0 Å². The van der Waals surface area contributed by atoms with Gasteiger partial charge in [-0.2, -0.15) is 0 Å². The first kappa shape index (κ1) is 15.3. The summed E-state index contributed by atoms with van der Waals surface area (Å²) >= 11 is 9.76. The molecule has 0 bridgehead atoms. The summed E-state index contributed by atoms with van der Waals surface area (Å²) in [5.74, 6) is 0.529. The van der Waals surface area contributed by atoms with Crippen molar-refractivity contribution in [1.29, 1.82) is 0 Å². The third kappa shape index (κ3) is 2.99. The molecule has 0 saturated carbocycles. The minimum absolute atomic E-state index is 0.100. The van der Waals surface area contributed by atoms with Crippen LogP contribution >= 0.6 is 27.5 Å². The fourth-order valence-corrected chi connectivity index (χ4v) is 3.64. The van der Waals surface area contributed by atoms with Crippen LogP contribution in [0.1, 0.15) is 27.1 Å². The Labute approximate surface area is 131 Å². The molecule has 1 atom stereocenters. The van der Waals surface area contributed by atoms with Gasteiger partial charge in [0, 0.05) is 10.6 Å². The summed E-state index contributed by atoms with van der Waals surface area (Å²) in [6.45, 7) is 3.80. The lowest BCUT2D eigenvalue weighted by molar-refractivity contribution is 0.410. The van der Waals surface area contributed by atoms with Crippen molar-refractivity contribution in [3.05, 3.63) is 63.4 Å². The normalized spacial score (nSPS) is 12.3. The molecule has 2 aromatic carbocycles. The number of methoxy groups -OCH3 is 1. The van der Waals surface area contributed by atoms with Crippen molar-refractivity contribution in [3.63, 3.8) is 0 Å². The lowest BCUT2D eigenvalue weighted by Crippen LogP contribution is -2.02. The van der Waals surface area contributed by atoms with Crippen molar-refractivity contribution in [3.8, 4) is 5.75 Å². The Morgan fingerprint density at radius 2 is 1.75 bits per heavy atom. The number of hydrogen-bond donors (Lipinski definition) is 0. The summed E-state index contributed by atoms with van der Waals surface area (Å²) in [7, 11) is 1.62. The van der Waals surface area contributed by atoms with E-state index in [1.165, 1.54) is 12.1 Å². The van der Waals surface area contributed by atoms with Gasteiger partial charge in [0.05, 0.1) is 11.9 Å². The molecule has 0 aliphatic heterocycles. The molecule has 0 fully saturated rings. The number of alkyl halides is 1.